The van der Waals surface area contributed by atoms with Gasteiger partial charge >= 0.3 is 0 Å². The summed E-state index contributed by atoms with van der Waals surface area (Å²) in [5.74, 6) is 0.792. The number of imidazole rings is 1. The van der Waals surface area contributed by atoms with Gasteiger partial charge in [0.25, 0.3) is 11.5 Å². The number of nitrogens with zero attached hydrogens (tertiary/aromatic N) is 4. The lowest BCUT2D eigenvalue weighted by molar-refractivity contribution is 0.101. The molecule has 0 aliphatic carbocycles. The highest BCUT2D eigenvalue weighted by molar-refractivity contribution is 6.04. The number of aromatic nitrogens is 4. The number of para-hydroxylation sites is 1. The van der Waals surface area contributed by atoms with E-state index in [1.807, 2.05) is 90.3 Å². The van der Waals surface area contributed by atoms with Crippen molar-refractivity contribution in [3.8, 4) is 17.0 Å². The number of benzene rings is 2. The van der Waals surface area contributed by atoms with Crippen LogP contribution in [0.25, 0.3) is 16.9 Å². The highest BCUT2D eigenvalue weighted by Crippen LogP contribution is 2.30. The molecule has 8 heteroatoms. The van der Waals surface area contributed by atoms with Gasteiger partial charge in [0.15, 0.2) is 0 Å². The van der Waals surface area contributed by atoms with Crippen molar-refractivity contribution in [2.45, 2.75) is 13.5 Å². The van der Waals surface area contributed by atoms with Gasteiger partial charge in [-0.2, -0.15) is 5.10 Å². The van der Waals surface area contributed by atoms with Gasteiger partial charge in [-0.25, -0.2) is 9.67 Å². The Balaban J connectivity index is 1.42. The van der Waals surface area contributed by atoms with Gasteiger partial charge in [0, 0.05) is 17.8 Å². The molecule has 0 fully saturated rings. The Bertz CT molecular complexity index is 1540. The summed E-state index contributed by atoms with van der Waals surface area (Å²) in [7, 11) is 0. The molecule has 0 radical (unpaired) electrons. The molecule has 0 saturated carbocycles. The molecule has 8 nitrogen and oxygen atoms in total. The van der Waals surface area contributed by atoms with Gasteiger partial charge in [-0.1, -0.05) is 54.6 Å². The van der Waals surface area contributed by atoms with Gasteiger partial charge in [-0.15, -0.1) is 0 Å². The number of amides is 1. The van der Waals surface area contributed by atoms with Crippen molar-refractivity contribution in [1.29, 1.82) is 0 Å². The van der Waals surface area contributed by atoms with Crippen LogP contribution in [0.2, 0.25) is 0 Å². The first-order valence-corrected chi connectivity index (χ1v) is 11.2. The van der Waals surface area contributed by atoms with Crippen LogP contribution in [-0.4, -0.2) is 31.7 Å². The smallest absolute Gasteiger partial charge is 0.277 e. The summed E-state index contributed by atoms with van der Waals surface area (Å²) in [5.41, 5.74) is 3.06. The molecule has 0 aliphatic rings. The van der Waals surface area contributed by atoms with Crippen LogP contribution < -0.4 is 15.6 Å². The molecule has 0 saturated heterocycles. The summed E-state index contributed by atoms with van der Waals surface area (Å²) in [4.78, 5) is 30.3. The van der Waals surface area contributed by atoms with Crippen LogP contribution in [-0.2, 0) is 6.54 Å². The van der Waals surface area contributed by atoms with E-state index in [-0.39, 0.29) is 24.4 Å². The quantitative estimate of drug-likeness (QED) is 0.389. The molecule has 2 aromatic carbocycles. The third-order valence-corrected chi connectivity index (χ3v) is 5.54. The molecule has 0 unspecified atom stereocenters. The first-order chi connectivity index (χ1) is 17.1. The third kappa shape index (κ3) is 4.67. The second-order valence-electron chi connectivity index (χ2n) is 7.96. The lowest BCUT2D eigenvalue weighted by Crippen LogP contribution is -2.28. The van der Waals surface area contributed by atoms with Crippen LogP contribution in [0.5, 0.6) is 5.75 Å². The zero-order chi connectivity index (χ0) is 24.2. The monoisotopic (exact) mass is 465 g/mol. The van der Waals surface area contributed by atoms with Crippen LogP contribution in [0.4, 0.5) is 5.82 Å². The number of carbonyl (C=O) groups excluding carboxylic acids is 1. The number of hydrogen-bond acceptors (Lipinski definition) is 5. The van der Waals surface area contributed by atoms with Crippen molar-refractivity contribution >= 4 is 17.4 Å². The van der Waals surface area contributed by atoms with Crippen molar-refractivity contribution in [1.82, 2.24) is 19.2 Å². The van der Waals surface area contributed by atoms with Crippen LogP contribution in [0.3, 0.4) is 0 Å². The van der Waals surface area contributed by atoms with Crippen molar-refractivity contribution in [2.24, 2.45) is 0 Å². The highest BCUT2D eigenvalue weighted by Gasteiger charge is 2.19. The lowest BCUT2D eigenvalue weighted by Gasteiger charge is -2.10. The van der Waals surface area contributed by atoms with Crippen LogP contribution in [0, 0.1) is 6.92 Å². The molecule has 1 N–H and O–H groups in total. The maximum atomic E-state index is 13.2. The molecule has 1 amide bonds. The Kier molecular flexibility index (Phi) is 6.09. The van der Waals surface area contributed by atoms with Crippen molar-refractivity contribution in [3.63, 3.8) is 0 Å². The Morgan fingerprint density at radius 1 is 0.943 bits per heavy atom. The standard InChI is InChI=1S/C27H23N5O3/c1-19-9-8-16-31-25(19)28-24(20-10-4-2-5-11-20)26(31)29-27(34)22-14-15-23(33)32(30-22)17-18-35-21-12-6-3-7-13-21/h2-16H,17-18H2,1H3,(H,29,34). The minimum absolute atomic E-state index is 0.117. The first kappa shape index (κ1) is 22.1. The number of aryl methyl sites for hydroxylation is 1. The number of nitrogens with one attached hydrogen (secondary N) is 1. The maximum Gasteiger partial charge on any atom is 0.277 e. The largest absolute Gasteiger partial charge is 0.492 e. The molecule has 0 atom stereocenters. The molecule has 5 aromatic rings. The van der Waals surface area contributed by atoms with E-state index in [2.05, 4.69) is 10.4 Å². The van der Waals surface area contributed by atoms with E-state index in [4.69, 9.17) is 9.72 Å². The molecule has 174 valence electrons. The van der Waals surface area contributed by atoms with Crippen LogP contribution in [0.15, 0.2) is 95.9 Å². The van der Waals surface area contributed by atoms with Gasteiger partial charge in [0.1, 0.15) is 35.2 Å². The predicted octanol–water partition coefficient (Wildman–Crippen LogP) is 4.20. The minimum Gasteiger partial charge on any atom is -0.492 e. The summed E-state index contributed by atoms with van der Waals surface area (Å²) < 4.78 is 8.74. The van der Waals surface area contributed by atoms with E-state index in [1.165, 1.54) is 16.8 Å². The van der Waals surface area contributed by atoms with Crippen molar-refractivity contribution in [2.75, 3.05) is 11.9 Å². The Labute approximate surface area is 201 Å². The summed E-state index contributed by atoms with van der Waals surface area (Å²) in [6, 6.07) is 25.6. The second-order valence-corrected chi connectivity index (χ2v) is 7.96. The number of rotatable bonds is 7. The predicted molar refractivity (Wildman–Crippen MR) is 134 cm³/mol. The second kappa shape index (κ2) is 9.64. The zero-order valence-corrected chi connectivity index (χ0v) is 19.1. The molecule has 5 rings (SSSR count). The lowest BCUT2D eigenvalue weighted by atomic mass is 10.1. The molecule has 3 heterocycles. The summed E-state index contributed by atoms with van der Waals surface area (Å²) in [6.07, 6.45) is 1.85. The Hall–Kier alpha value is -4.72. The molecule has 3 aromatic heterocycles. The fourth-order valence-corrected chi connectivity index (χ4v) is 3.79. The normalized spacial score (nSPS) is 10.9. The Morgan fingerprint density at radius 2 is 1.69 bits per heavy atom. The van der Waals surface area contributed by atoms with E-state index < -0.39 is 5.91 Å². The molecule has 35 heavy (non-hydrogen) atoms. The maximum absolute atomic E-state index is 13.2. The van der Waals surface area contributed by atoms with Crippen molar-refractivity contribution in [3.05, 3.63) is 113 Å². The summed E-state index contributed by atoms with van der Waals surface area (Å²) >= 11 is 0. The average Bonchev–Trinajstić information content (AvgIpc) is 3.26. The summed E-state index contributed by atoms with van der Waals surface area (Å²) in [6.45, 7) is 2.42. The van der Waals surface area contributed by atoms with E-state index in [0.29, 0.717) is 17.3 Å². The number of hydrogen-bond donors (Lipinski definition) is 1. The summed E-state index contributed by atoms with van der Waals surface area (Å²) in [5, 5.41) is 7.22. The van der Waals surface area contributed by atoms with E-state index in [9.17, 15) is 9.59 Å². The van der Waals surface area contributed by atoms with Gasteiger partial charge in [-0.3, -0.25) is 14.0 Å². The number of ether oxygens (including phenoxy) is 1. The zero-order valence-electron chi connectivity index (χ0n) is 19.1. The van der Waals surface area contributed by atoms with Gasteiger partial charge in [-0.05, 0) is 36.8 Å². The molecular weight excluding hydrogens is 442 g/mol. The molecule has 0 spiro atoms. The minimum atomic E-state index is -0.441. The van der Waals surface area contributed by atoms with Crippen molar-refractivity contribution < 1.29 is 9.53 Å². The Morgan fingerprint density at radius 3 is 2.46 bits per heavy atom. The fourth-order valence-electron chi connectivity index (χ4n) is 3.79. The number of anilines is 1. The van der Waals surface area contributed by atoms with E-state index >= 15 is 0 Å². The van der Waals surface area contributed by atoms with Gasteiger partial charge in [0.05, 0.1) is 6.54 Å². The van der Waals surface area contributed by atoms with E-state index in [1.54, 1.807) is 0 Å². The van der Waals surface area contributed by atoms with E-state index in [0.717, 1.165) is 16.8 Å². The average molecular weight is 466 g/mol. The number of pyridine rings is 1. The number of fused-ring (bicyclic) bond motifs is 1. The molecular formula is C27H23N5O3. The number of carbonyl (C=O) groups is 1. The molecule has 0 aliphatic heterocycles. The SMILES string of the molecule is Cc1cccn2c(NC(=O)c3ccc(=O)n(CCOc4ccccc4)n3)c(-c3ccccc3)nc12. The third-order valence-electron chi connectivity index (χ3n) is 5.54. The highest BCUT2D eigenvalue weighted by atomic mass is 16.5. The van der Waals surface area contributed by atoms with Gasteiger partial charge < -0.3 is 10.1 Å². The fraction of sp³-hybridized carbons (Fsp3) is 0.111. The molecule has 0 bridgehead atoms. The van der Waals surface area contributed by atoms with Gasteiger partial charge in [0.2, 0.25) is 0 Å². The first-order valence-electron chi connectivity index (χ1n) is 11.2. The topological polar surface area (TPSA) is 90.5 Å². The van der Waals surface area contributed by atoms with Crippen LogP contribution >= 0.6 is 0 Å². The van der Waals surface area contributed by atoms with Crippen LogP contribution in [0.1, 0.15) is 16.1 Å².